The normalized spacial score (nSPS) is 11.0. The zero-order valence-electron chi connectivity index (χ0n) is 17.4. The highest BCUT2D eigenvalue weighted by Crippen LogP contribution is 2.32. The quantitative estimate of drug-likeness (QED) is 0.377. The summed E-state index contributed by atoms with van der Waals surface area (Å²) in [5.41, 5.74) is 5.58. The number of nitrogens with one attached hydrogen (secondary N) is 1. The Hall–Kier alpha value is -2.98. The number of hydrogen-bond acceptors (Lipinski definition) is 2. The Morgan fingerprint density at radius 3 is 2.50 bits per heavy atom. The van der Waals surface area contributed by atoms with Crippen molar-refractivity contribution in [2.75, 3.05) is 6.54 Å². The van der Waals surface area contributed by atoms with Gasteiger partial charge in [-0.05, 0) is 48.7 Å². The molecule has 0 aliphatic carbocycles. The molecule has 1 heterocycles. The van der Waals surface area contributed by atoms with Crippen LogP contribution in [0.15, 0.2) is 83.9 Å². The van der Waals surface area contributed by atoms with Crippen molar-refractivity contribution < 1.29 is 4.79 Å². The van der Waals surface area contributed by atoms with Gasteiger partial charge in [0.1, 0.15) is 0 Å². The van der Waals surface area contributed by atoms with Crippen molar-refractivity contribution in [2.24, 2.45) is 0 Å². The number of thioether (sulfide) groups is 1. The van der Waals surface area contributed by atoms with Crippen molar-refractivity contribution >= 4 is 28.6 Å². The largest absolute Gasteiger partial charge is 0.350 e. The van der Waals surface area contributed by atoms with E-state index in [0.717, 1.165) is 23.4 Å². The minimum absolute atomic E-state index is 0.0202. The van der Waals surface area contributed by atoms with Crippen LogP contribution in [0.1, 0.15) is 27.0 Å². The number of para-hydroxylation sites is 1. The van der Waals surface area contributed by atoms with Crippen LogP contribution in [-0.4, -0.2) is 17.0 Å². The van der Waals surface area contributed by atoms with E-state index in [1.807, 2.05) is 43.0 Å². The second-order valence-corrected chi connectivity index (χ2v) is 8.55. The first-order chi connectivity index (χ1) is 14.6. The fourth-order valence-electron chi connectivity index (χ4n) is 3.52. The average molecular weight is 415 g/mol. The third-order valence-electron chi connectivity index (χ3n) is 5.40. The van der Waals surface area contributed by atoms with Crippen LogP contribution in [0.3, 0.4) is 0 Å². The molecule has 0 atom stereocenters. The lowest BCUT2D eigenvalue weighted by molar-refractivity contribution is 0.0952. The van der Waals surface area contributed by atoms with E-state index in [2.05, 4.69) is 71.5 Å². The molecule has 4 aromatic rings. The summed E-state index contributed by atoms with van der Waals surface area (Å²) in [5, 5.41) is 4.32. The van der Waals surface area contributed by atoms with E-state index in [0.29, 0.717) is 6.54 Å². The molecule has 0 aliphatic rings. The van der Waals surface area contributed by atoms with Gasteiger partial charge in [0.2, 0.25) is 0 Å². The molecule has 0 radical (unpaired) electrons. The van der Waals surface area contributed by atoms with Gasteiger partial charge in [-0.3, -0.25) is 4.79 Å². The Morgan fingerprint density at radius 1 is 0.933 bits per heavy atom. The first-order valence-electron chi connectivity index (χ1n) is 10.2. The van der Waals surface area contributed by atoms with Gasteiger partial charge < -0.3 is 9.88 Å². The van der Waals surface area contributed by atoms with Crippen molar-refractivity contribution in [1.29, 1.82) is 0 Å². The third kappa shape index (κ3) is 4.60. The number of fused-ring (bicyclic) bond motifs is 1. The fourth-order valence-corrected chi connectivity index (χ4v) is 4.57. The predicted molar refractivity (Wildman–Crippen MR) is 126 cm³/mol. The molecule has 3 aromatic carbocycles. The van der Waals surface area contributed by atoms with Crippen molar-refractivity contribution in [3.63, 3.8) is 0 Å². The lowest BCUT2D eigenvalue weighted by Gasteiger charge is -2.09. The average Bonchev–Trinajstić information content (AvgIpc) is 3.12. The van der Waals surface area contributed by atoms with Crippen LogP contribution in [0.5, 0.6) is 0 Å². The minimum Gasteiger partial charge on any atom is -0.350 e. The van der Waals surface area contributed by atoms with Gasteiger partial charge in [-0.25, -0.2) is 0 Å². The number of rotatable bonds is 7. The van der Waals surface area contributed by atoms with Gasteiger partial charge in [-0.1, -0.05) is 54.6 Å². The molecule has 0 saturated carbocycles. The standard InChI is InChI=1S/C26H26N2OS/c1-19-12-13-22(16-20(19)2)26(29)27-14-15-28-17-25(23-10-6-7-11-24(23)28)30-18-21-8-4-3-5-9-21/h3-13,16-17H,14-15,18H2,1-2H3,(H,27,29). The molecule has 152 valence electrons. The van der Waals surface area contributed by atoms with Gasteiger partial charge in [0.15, 0.2) is 0 Å². The lowest BCUT2D eigenvalue weighted by atomic mass is 10.1. The van der Waals surface area contributed by atoms with E-state index in [9.17, 15) is 4.79 Å². The molecule has 4 heteroatoms. The highest BCUT2D eigenvalue weighted by atomic mass is 32.2. The van der Waals surface area contributed by atoms with Gasteiger partial charge in [0, 0.05) is 46.4 Å². The SMILES string of the molecule is Cc1ccc(C(=O)NCCn2cc(SCc3ccccc3)c3ccccc32)cc1C. The maximum Gasteiger partial charge on any atom is 0.251 e. The molecule has 0 bridgehead atoms. The summed E-state index contributed by atoms with van der Waals surface area (Å²) in [4.78, 5) is 13.8. The Labute approximate surface area is 182 Å². The summed E-state index contributed by atoms with van der Waals surface area (Å²) in [6.07, 6.45) is 2.21. The molecule has 30 heavy (non-hydrogen) atoms. The molecule has 0 fully saturated rings. The monoisotopic (exact) mass is 414 g/mol. The van der Waals surface area contributed by atoms with Gasteiger partial charge in [0.05, 0.1) is 0 Å². The van der Waals surface area contributed by atoms with Gasteiger partial charge >= 0.3 is 0 Å². The Morgan fingerprint density at radius 2 is 1.70 bits per heavy atom. The van der Waals surface area contributed by atoms with Crippen LogP contribution in [0.25, 0.3) is 10.9 Å². The van der Waals surface area contributed by atoms with Crippen molar-refractivity contribution in [3.8, 4) is 0 Å². The first kappa shape index (κ1) is 20.3. The number of hydrogen-bond donors (Lipinski definition) is 1. The van der Waals surface area contributed by atoms with Crippen LogP contribution in [-0.2, 0) is 12.3 Å². The second-order valence-electron chi connectivity index (χ2n) is 7.53. The molecule has 3 nitrogen and oxygen atoms in total. The summed E-state index contributed by atoms with van der Waals surface area (Å²) in [7, 11) is 0. The highest BCUT2D eigenvalue weighted by Gasteiger charge is 2.10. The van der Waals surface area contributed by atoms with Crippen LogP contribution in [0.2, 0.25) is 0 Å². The Bertz CT molecular complexity index is 1160. The number of aromatic nitrogens is 1. The Balaban J connectivity index is 1.43. The minimum atomic E-state index is -0.0202. The summed E-state index contributed by atoms with van der Waals surface area (Å²) in [6.45, 7) is 5.42. The number of carbonyl (C=O) groups excluding carboxylic acids is 1. The van der Waals surface area contributed by atoms with E-state index in [-0.39, 0.29) is 5.91 Å². The van der Waals surface area contributed by atoms with Crippen molar-refractivity contribution in [1.82, 2.24) is 9.88 Å². The summed E-state index contributed by atoms with van der Waals surface area (Å²) < 4.78 is 2.24. The molecular formula is C26H26N2OS. The number of carbonyl (C=O) groups is 1. The van der Waals surface area contributed by atoms with Gasteiger partial charge in [0.25, 0.3) is 5.91 Å². The molecular weight excluding hydrogens is 388 g/mol. The van der Waals surface area contributed by atoms with Crippen molar-refractivity contribution in [3.05, 3.63) is 101 Å². The third-order valence-corrected chi connectivity index (χ3v) is 6.51. The van der Waals surface area contributed by atoms with Gasteiger partial charge in [-0.15, -0.1) is 11.8 Å². The molecule has 1 N–H and O–H groups in total. The molecule has 0 saturated heterocycles. The molecule has 0 unspecified atom stereocenters. The van der Waals surface area contributed by atoms with E-state index in [1.165, 1.54) is 26.9 Å². The fraction of sp³-hybridized carbons (Fsp3) is 0.192. The molecule has 0 spiro atoms. The first-order valence-corrected chi connectivity index (χ1v) is 11.2. The van der Waals surface area contributed by atoms with E-state index in [4.69, 9.17) is 0 Å². The molecule has 0 aliphatic heterocycles. The summed E-state index contributed by atoms with van der Waals surface area (Å²) >= 11 is 1.86. The van der Waals surface area contributed by atoms with Crippen molar-refractivity contribution in [2.45, 2.75) is 31.0 Å². The number of nitrogens with zero attached hydrogens (tertiary/aromatic N) is 1. The molecule has 1 amide bonds. The molecule has 4 rings (SSSR count). The van der Waals surface area contributed by atoms with Crippen LogP contribution < -0.4 is 5.32 Å². The smallest absolute Gasteiger partial charge is 0.251 e. The number of amides is 1. The summed E-state index contributed by atoms with van der Waals surface area (Å²) in [6, 6.07) is 24.8. The number of benzene rings is 3. The predicted octanol–water partition coefficient (Wildman–Crippen LogP) is 5.98. The topological polar surface area (TPSA) is 34.0 Å². The van der Waals surface area contributed by atoms with E-state index in [1.54, 1.807) is 0 Å². The highest BCUT2D eigenvalue weighted by molar-refractivity contribution is 7.98. The number of aryl methyl sites for hydroxylation is 2. The zero-order chi connectivity index (χ0) is 20.9. The zero-order valence-corrected chi connectivity index (χ0v) is 18.2. The van der Waals surface area contributed by atoms with E-state index < -0.39 is 0 Å². The second kappa shape index (κ2) is 9.23. The van der Waals surface area contributed by atoms with Crippen LogP contribution in [0.4, 0.5) is 0 Å². The summed E-state index contributed by atoms with van der Waals surface area (Å²) in [5.74, 6) is 0.923. The van der Waals surface area contributed by atoms with Crippen LogP contribution in [0, 0.1) is 13.8 Å². The Kier molecular flexibility index (Phi) is 6.24. The maximum absolute atomic E-state index is 12.5. The van der Waals surface area contributed by atoms with Crippen LogP contribution >= 0.6 is 11.8 Å². The van der Waals surface area contributed by atoms with Gasteiger partial charge in [-0.2, -0.15) is 0 Å². The maximum atomic E-state index is 12.5. The molecule has 1 aromatic heterocycles. The lowest BCUT2D eigenvalue weighted by Crippen LogP contribution is -2.27. The van der Waals surface area contributed by atoms with E-state index >= 15 is 0 Å².